The number of para-hydroxylation sites is 1. The summed E-state index contributed by atoms with van der Waals surface area (Å²) >= 11 is 0. The molecular weight excluding hydrogens is 555 g/mol. The van der Waals surface area contributed by atoms with Crippen molar-refractivity contribution >= 4 is 23.1 Å². The van der Waals surface area contributed by atoms with E-state index in [1.54, 1.807) is 18.2 Å². The molecule has 4 atom stereocenters. The van der Waals surface area contributed by atoms with Crippen LogP contribution in [0, 0.1) is 16.0 Å². The lowest BCUT2D eigenvalue weighted by Crippen LogP contribution is -2.52. The highest BCUT2D eigenvalue weighted by molar-refractivity contribution is 6.13. The summed E-state index contributed by atoms with van der Waals surface area (Å²) in [5.74, 6) is -2.33. The molecule has 3 aromatic rings. The highest BCUT2D eigenvalue weighted by Crippen LogP contribution is 2.62. The first-order valence-corrected chi connectivity index (χ1v) is 13.3. The Morgan fingerprint density at radius 2 is 1.79 bits per heavy atom. The summed E-state index contributed by atoms with van der Waals surface area (Å²) in [4.78, 5) is 41.5. The van der Waals surface area contributed by atoms with Crippen LogP contribution in [0.1, 0.15) is 45.8 Å². The Labute approximate surface area is 238 Å². The highest BCUT2D eigenvalue weighted by Gasteiger charge is 2.70. The number of nitro benzene ring substituents is 1. The standard InChI is InChI=1S/C30H26F3N3O6/c1-41-22-13-10-17(15-23(22)42-2)27(37)25-24(16-8-11-18(12-9-16)36(39)40)21-7-4-14-35(21)29(25)19-5-3-6-20(30(31,32)33)26(19)34-28(29)38/h3,5-6,8-13,15,21,24-25H,4,7,14H2,1-2H3,(H,34,38)/t21?,24?,25?,29-/m1/s1. The van der Waals surface area contributed by atoms with Crippen molar-refractivity contribution in [3.8, 4) is 11.5 Å². The Morgan fingerprint density at radius 1 is 1.07 bits per heavy atom. The number of anilines is 1. The minimum Gasteiger partial charge on any atom is -0.493 e. The number of nitrogens with one attached hydrogen (secondary N) is 1. The van der Waals surface area contributed by atoms with E-state index in [0.29, 0.717) is 30.7 Å². The Bertz CT molecular complexity index is 1610. The summed E-state index contributed by atoms with van der Waals surface area (Å²) in [6.45, 7) is 0.382. The molecule has 3 aromatic carbocycles. The molecule has 9 nitrogen and oxygen atoms in total. The molecule has 0 saturated carbocycles. The van der Waals surface area contributed by atoms with Crippen molar-refractivity contribution in [3.63, 3.8) is 0 Å². The number of methoxy groups -OCH3 is 2. The van der Waals surface area contributed by atoms with E-state index in [1.807, 2.05) is 4.90 Å². The van der Waals surface area contributed by atoms with Gasteiger partial charge in [0.2, 0.25) is 5.91 Å². The number of nitrogens with zero attached hydrogens (tertiary/aromatic N) is 2. The number of carbonyl (C=O) groups is 2. The average Bonchev–Trinajstić information content (AvgIpc) is 3.64. The smallest absolute Gasteiger partial charge is 0.418 e. The van der Waals surface area contributed by atoms with E-state index in [-0.39, 0.29) is 34.3 Å². The number of amides is 1. The fraction of sp³-hybridized carbons (Fsp3) is 0.333. The third-order valence-electron chi connectivity index (χ3n) is 8.78. The van der Waals surface area contributed by atoms with Gasteiger partial charge in [0.25, 0.3) is 5.69 Å². The number of hydrogen-bond donors (Lipinski definition) is 1. The molecular formula is C30H26F3N3O6. The maximum atomic E-state index is 14.7. The summed E-state index contributed by atoms with van der Waals surface area (Å²) in [6, 6.07) is 13.6. The molecule has 42 heavy (non-hydrogen) atoms. The van der Waals surface area contributed by atoms with E-state index in [1.165, 1.54) is 50.6 Å². The van der Waals surface area contributed by atoms with Gasteiger partial charge in [-0.05, 0) is 49.2 Å². The predicted molar refractivity (Wildman–Crippen MR) is 145 cm³/mol. The van der Waals surface area contributed by atoms with Crippen LogP contribution in [0.15, 0.2) is 60.7 Å². The topological polar surface area (TPSA) is 111 Å². The molecule has 3 aliphatic heterocycles. The van der Waals surface area contributed by atoms with Gasteiger partial charge in [-0.3, -0.25) is 24.6 Å². The summed E-state index contributed by atoms with van der Waals surface area (Å²) < 4.78 is 53.1. The zero-order valence-electron chi connectivity index (χ0n) is 22.6. The number of benzene rings is 3. The van der Waals surface area contributed by atoms with Crippen LogP contribution in [-0.2, 0) is 16.5 Å². The maximum Gasteiger partial charge on any atom is 0.418 e. The van der Waals surface area contributed by atoms with Gasteiger partial charge < -0.3 is 14.8 Å². The van der Waals surface area contributed by atoms with Gasteiger partial charge in [0.05, 0.1) is 36.3 Å². The maximum absolute atomic E-state index is 14.7. The van der Waals surface area contributed by atoms with Crippen molar-refractivity contribution in [1.29, 1.82) is 0 Å². The van der Waals surface area contributed by atoms with Gasteiger partial charge in [0, 0.05) is 35.2 Å². The monoisotopic (exact) mass is 581 g/mol. The third-order valence-corrected chi connectivity index (χ3v) is 8.78. The largest absolute Gasteiger partial charge is 0.493 e. The molecule has 0 aliphatic carbocycles. The fourth-order valence-electron chi connectivity index (χ4n) is 7.19. The van der Waals surface area contributed by atoms with E-state index in [4.69, 9.17) is 9.47 Å². The number of ketones is 1. The van der Waals surface area contributed by atoms with Crippen molar-refractivity contribution in [1.82, 2.24) is 4.90 Å². The normalized spacial score (nSPS) is 24.8. The Hall–Kier alpha value is -4.45. The van der Waals surface area contributed by atoms with Gasteiger partial charge in [-0.1, -0.05) is 24.3 Å². The van der Waals surface area contributed by atoms with E-state index in [9.17, 15) is 32.9 Å². The van der Waals surface area contributed by atoms with Gasteiger partial charge in [0.15, 0.2) is 17.3 Å². The lowest BCUT2D eigenvalue weighted by Gasteiger charge is -2.37. The molecule has 3 heterocycles. The second-order valence-electron chi connectivity index (χ2n) is 10.6. The van der Waals surface area contributed by atoms with Crippen LogP contribution >= 0.6 is 0 Å². The lowest BCUT2D eigenvalue weighted by molar-refractivity contribution is -0.384. The van der Waals surface area contributed by atoms with Crippen molar-refractivity contribution in [2.24, 2.45) is 5.92 Å². The molecule has 1 amide bonds. The molecule has 3 aliphatic rings. The number of rotatable bonds is 6. The van der Waals surface area contributed by atoms with Gasteiger partial charge in [0.1, 0.15) is 5.54 Å². The molecule has 0 aromatic heterocycles. The lowest BCUT2D eigenvalue weighted by atomic mass is 9.68. The van der Waals surface area contributed by atoms with Crippen LogP contribution in [0.3, 0.4) is 0 Å². The average molecular weight is 582 g/mol. The zero-order valence-corrected chi connectivity index (χ0v) is 22.6. The van der Waals surface area contributed by atoms with E-state index >= 15 is 0 Å². The number of hydrogen-bond acceptors (Lipinski definition) is 7. The number of Topliss-reactive ketones (excluding diaryl/α,β-unsaturated/α-hetero) is 1. The fourth-order valence-corrected chi connectivity index (χ4v) is 7.19. The zero-order chi connectivity index (χ0) is 30.0. The molecule has 0 radical (unpaired) electrons. The number of alkyl halides is 3. The Kier molecular flexibility index (Phi) is 6.48. The van der Waals surface area contributed by atoms with Crippen LogP contribution in [0.5, 0.6) is 11.5 Å². The summed E-state index contributed by atoms with van der Waals surface area (Å²) in [5.41, 5.74) is -2.35. The van der Waals surface area contributed by atoms with Gasteiger partial charge in [-0.15, -0.1) is 0 Å². The first-order chi connectivity index (χ1) is 20.0. The number of carbonyl (C=O) groups excluding carboxylic acids is 2. The molecule has 2 saturated heterocycles. The van der Waals surface area contributed by atoms with Crippen molar-refractivity contribution in [2.45, 2.75) is 36.5 Å². The van der Waals surface area contributed by atoms with Crippen LogP contribution in [0.2, 0.25) is 0 Å². The van der Waals surface area contributed by atoms with Crippen LogP contribution in [0.4, 0.5) is 24.5 Å². The first-order valence-electron chi connectivity index (χ1n) is 13.3. The molecule has 6 rings (SSSR count). The van der Waals surface area contributed by atoms with Gasteiger partial charge >= 0.3 is 6.18 Å². The Morgan fingerprint density at radius 3 is 2.43 bits per heavy atom. The van der Waals surface area contributed by atoms with Crippen molar-refractivity contribution in [3.05, 3.63) is 93.0 Å². The first kappa shape index (κ1) is 27.7. The summed E-state index contributed by atoms with van der Waals surface area (Å²) in [5, 5.41) is 13.9. The number of non-ortho nitro benzene ring substituents is 1. The molecule has 2 fully saturated rings. The van der Waals surface area contributed by atoms with Crippen LogP contribution in [0.25, 0.3) is 0 Å². The molecule has 3 unspecified atom stereocenters. The molecule has 0 bridgehead atoms. The van der Waals surface area contributed by atoms with Crippen molar-refractivity contribution < 1.29 is 37.2 Å². The van der Waals surface area contributed by atoms with Crippen LogP contribution in [-0.4, -0.2) is 48.3 Å². The van der Waals surface area contributed by atoms with E-state index in [2.05, 4.69) is 5.32 Å². The third kappa shape index (κ3) is 3.88. The van der Waals surface area contributed by atoms with Crippen LogP contribution < -0.4 is 14.8 Å². The number of nitro groups is 1. The Balaban J connectivity index is 1.61. The minimum atomic E-state index is -4.74. The predicted octanol–water partition coefficient (Wildman–Crippen LogP) is 5.54. The van der Waals surface area contributed by atoms with Gasteiger partial charge in [-0.2, -0.15) is 13.2 Å². The molecule has 218 valence electrons. The minimum absolute atomic E-state index is 0.0949. The molecule has 12 heteroatoms. The number of halogens is 3. The molecule has 1 spiro atoms. The number of ether oxygens (including phenoxy) is 2. The number of fused-ring (bicyclic) bond motifs is 4. The summed E-state index contributed by atoms with van der Waals surface area (Å²) in [7, 11) is 2.86. The quantitative estimate of drug-likeness (QED) is 0.231. The van der Waals surface area contributed by atoms with Crippen molar-refractivity contribution in [2.75, 3.05) is 26.1 Å². The second kappa shape index (κ2) is 9.83. The summed E-state index contributed by atoms with van der Waals surface area (Å²) in [6.07, 6.45) is -3.50. The molecule has 1 N–H and O–H groups in total. The highest BCUT2D eigenvalue weighted by atomic mass is 19.4. The second-order valence-corrected chi connectivity index (χ2v) is 10.6. The SMILES string of the molecule is COc1ccc(C(=O)C2C(c3ccc([N+](=O)[O-])cc3)C3CCCN3[C@@]23C(=O)Nc2c(C(F)(F)F)cccc23)cc1OC. The van der Waals surface area contributed by atoms with Gasteiger partial charge in [-0.25, -0.2) is 0 Å². The van der Waals surface area contributed by atoms with E-state index < -0.39 is 45.7 Å². The van der Waals surface area contributed by atoms with E-state index in [0.717, 1.165) is 6.07 Å².